The first-order valence-corrected chi connectivity index (χ1v) is 11.9. The van der Waals surface area contributed by atoms with Crippen LogP contribution in [0, 0.1) is 4.91 Å². The van der Waals surface area contributed by atoms with Gasteiger partial charge in [0.05, 0.1) is 0 Å². The molecule has 0 saturated carbocycles. The van der Waals surface area contributed by atoms with Gasteiger partial charge in [-0.05, 0) is 76.2 Å². The van der Waals surface area contributed by atoms with Crippen molar-refractivity contribution in [1.82, 2.24) is 0 Å². The number of benzene rings is 2. The van der Waals surface area contributed by atoms with Crippen molar-refractivity contribution in [3.05, 3.63) is 64.1 Å². The van der Waals surface area contributed by atoms with E-state index < -0.39 is 0 Å². The lowest BCUT2D eigenvalue weighted by atomic mass is 9.80. The van der Waals surface area contributed by atoms with E-state index in [0.29, 0.717) is 5.69 Å². The minimum atomic E-state index is 0.244. The van der Waals surface area contributed by atoms with Crippen molar-refractivity contribution >= 4 is 29.1 Å². The molecular weight excluding hydrogens is 374 g/mol. The summed E-state index contributed by atoms with van der Waals surface area (Å²) in [5.74, 6) is 1.20. The van der Waals surface area contributed by atoms with Gasteiger partial charge >= 0.3 is 0 Å². The standard InChI is InChI=1S/C20H21NOS.3C2H6/c1-14(12-15-4-7-17(21-22)8-5-15)16-6-9-19-18(13-16)20(2,3)10-11-23-19;3*1-2/h4-9,12-13H,10-11H2,1-3H3;3*1-2H3/b14-12+;;;. The largest absolute Gasteiger partial charge is 0.145 e. The molecule has 0 bridgehead atoms. The molecule has 0 aromatic heterocycles. The molecule has 0 aliphatic carbocycles. The summed E-state index contributed by atoms with van der Waals surface area (Å²) in [6.07, 6.45) is 3.37. The second-order valence-electron chi connectivity index (χ2n) is 6.70. The summed E-state index contributed by atoms with van der Waals surface area (Å²) in [5.41, 5.74) is 5.74. The zero-order chi connectivity index (χ0) is 22.4. The highest BCUT2D eigenvalue weighted by atomic mass is 32.2. The topological polar surface area (TPSA) is 29.4 Å². The van der Waals surface area contributed by atoms with E-state index in [4.69, 9.17) is 0 Å². The Hall–Kier alpha value is -1.87. The number of hydrogen-bond acceptors (Lipinski definition) is 3. The lowest BCUT2D eigenvalue weighted by molar-refractivity contribution is 0.494. The molecule has 0 spiro atoms. The maximum atomic E-state index is 10.5. The normalized spacial score (nSPS) is 13.9. The number of fused-ring (bicyclic) bond motifs is 1. The Morgan fingerprint density at radius 3 is 2.10 bits per heavy atom. The van der Waals surface area contributed by atoms with Crippen LogP contribution in [0.3, 0.4) is 0 Å². The number of nitroso groups, excluding NO2 is 1. The molecule has 29 heavy (non-hydrogen) atoms. The molecule has 0 saturated heterocycles. The number of nitrogens with zero attached hydrogens (tertiary/aromatic N) is 1. The van der Waals surface area contributed by atoms with E-state index in [1.165, 1.54) is 33.8 Å². The van der Waals surface area contributed by atoms with E-state index in [1.807, 2.05) is 65.4 Å². The minimum absolute atomic E-state index is 0.244. The summed E-state index contributed by atoms with van der Waals surface area (Å²) in [5, 5.41) is 2.94. The van der Waals surface area contributed by atoms with Gasteiger partial charge in [-0.2, -0.15) is 0 Å². The van der Waals surface area contributed by atoms with Crippen LogP contribution >= 0.6 is 11.8 Å². The van der Waals surface area contributed by atoms with Gasteiger partial charge < -0.3 is 0 Å². The maximum absolute atomic E-state index is 10.5. The quantitative estimate of drug-likeness (QED) is 0.370. The van der Waals surface area contributed by atoms with Crippen molar-refractivity contribution in [3.8, 4) is 0 Å². The molecule has 1 aliphatic rings. The van der Waals surface area contributed by atoms with E-state index in [0.717, 1.165) is 5.56 Å². The monoisotopic (exact) mass is 413 g/mol. The van der Waals surface area contributed by atoms with Crippen LogP contribution in [0.15, 0.2) is 52.5 Å². The van der Waals surface area contributed by atoms with Crippen LogP contribution in [0.5, 0.6) is 0 Å². The fourth-order valence-corrected chi connectivity index (χ4v) is 4.43. The van der Waals surface area contributed by atoms with Crippen LogP contribution in [0.2, 0.25) is 0 Å². The number of rotatable bonds is 3. The third-order valence-electron chi connectivity index (χ3n) is 4.53. The van der Waals surface area contributed by atoms with Crippen molar-refractivity contribution in [1.29, 1.82) is 0 Å². The summed E-state index contributed by atoms with van der Waals surface area (Å²) in [7, 11) is 0. The second-order valence-corrected chi connectivity index (χ2v) is 7.84. The second kappa shape index (κ2) is 14.2. The molecular formula is C26H39NOS. The highest BCUT2D eigenvalue weighted by Gasteiger charge is 2.27. The van der Waals surface area contributed by atoms with Gasteiger partial charge in [-0.3, -0.25) is 0 Å². The SMILES string of the molecule is C/C(=C\c1ccc(N=O)cc1)c1ccc2c(c1)C(C)(C)CCS2.CC.CC.CC. The first-order chi connectivity index (χ1) is 14.0. The molecule has 0 fully saturated rings. The van der Waals surface area contributed by atoms with E-state index in [-0.39, 0.29) is 5.41 Å². The Bertz CT molecular complexity index is 761. The van der Waals surface area contributed by atoms with Crippen molar-refractivity contribution in [2.75, 3.05) is 5.75 Å². The summed E-state index contributed by atoms with van der Waals surface area (Å²) in [6, 6.07) is 14.2. The Morgan fingerprint density at radius 1 is 0.966 bits per heavy atom. The van der Waals surface area contributed by atoms with Crippen LogP contribution in [-0.2, 0) is 5.41 Å². The molecule has 0 N–H and O–H groups in total. The third kappa shape index (κ3) is 7.81. The third-order valence-corrected chi connectivity index (χ3v) is 5.61. The Kier molecular flexibility index (Phi) is 13.3. The smallest absolute Gasteiger partial charge is 0.108 e. The molecule has 3 rings (SSSR count). The van der Waals surface area contributed by atoms with E-state index >= 15 is 0 Å². The van der Waals surface area contributed by atoms with Gasteiger partial charge in [0.15, 0.2) is 0 Å². The molecule has 160 valence electrons. The molecule has 2 aromatic rings. The molecule has 1 aliphatic heterocycles. The van der Waals surface area contributed by atoms with Gasteiger partial charge in [0, 0.05) is 4.90 Å². The summed E-state index contributed by atoms with van der Waals surface area (Å²) in [4.78, 5) is 11.9. The maximum Gasteiger partial charge on any atom is 0.108 e. The predicted molar refractivity (Wildman–Crippen MR) is 134 cm³/mol. The zero-order valence-corrected chi connectivity index (χ0v) is 20.6. The summed E-state index contributed by atoms with van der Waals surface area (Å²) in [6.45, 7) is 18.8. The van der Waals surface area contributed by atoms with Crippen LogP contribution < -0.4 is 0 Å². The van der Waals surface area contributed by atoms with Crippen molar-refractivity contribution < 1.29 is 0 Å². The highest BCUT2D eigenvalue weighted by Crippen LogP contribution is 2.42. The van der Waals surface area contributed by atoms with Crippen LogP contribution in [0.1, 0.15) is 85.4 Å². The van der Waals surface area contributed by atoms with Crippen molar-refractivity contribution in [3.63, 3.8) is 0 Å². The fourth-order valence-electron chi connectivity index (χ4n) is 2.95. The molecule has 1 heterocycles. The Balaban J connectivity index is 0.00000120. The van der Waals surface area contributed by atoms with Gasteiger partial charge in [-0.15, -0.1) is 16.7 Å². The Labute approximate surface area is 183 Å². The molecule has 0 amide bonds. The first kappa shape index (κ1) is 27.1. The number of allylic oxidation sites excluding steroid dienone is 1. The number of hydrogen-bond donors (Lipinski definition) is 0. The summed E-state index contributed by atoms with van der Waals surface area (Å²) >= 11 is 1.96. The lowest BCUT2D eigenvalue weighted by Crippen LogP contribution is -2.22. The molecule has 0 unspecified atom stereocenters. The van der Waals surface area contributed by atoms with Gasteiger partial charge in [0.1, 0.15) is 5.69 Å². The predicted octanol–water partition coefficient (Wildman–Crippen LogP) is 9.50. The fraction of sp³-hybridized carbons (Fsp3) is 0.462. The van der Waals surface area contributed by atoms with Crippen LogP contribution in [0.4, 0.5) is 5.69 Å². The zero-order valence-electron chi connectivity index (χ0n) is 19.8. The molecule has 3 heteroatoms. The van der Waals surface area contributed by atoms with E-state index in [1.54, 1.807) is 12.1 Å². The minimum Gasteiger partial charge on any atom is -0.145 e. The van der Waals surface area contributed by atoms with Gasteiger partial charge in [-0.25, -0.2) is 0 Å². The van der Waals surface area contributed by atoms with Crippen LogP contribution in [0.25, 0.3) is 11.6 Å². The van der Waals surface area contributed by atoms with Crippen molar-refractivity contribution in [2.24, 2.45) is 5.18 Å². The summed E-state index contributed by atoms with van der Waals surface area (Å²) < 4.78 is 0. The Morgan fingerprint density at radius 2 is 1.55 bits per heavy atom. The van der Waals surface area contributed by atoms with Gasteiger partial charge in [-0.1, -0.05) is 79.7 Å². The average molecular weight is 414 g/mol. The van der Waals surface area contributed by atoms with E-state index in [2.05, 4.69) is 50.2 Å². The van der Waals surface area contributed by atoms with Gasteiger partial charge in [0.2, 0.25) is 0 Å². The van der Waals surface area contributed by atoms with Gasteiger partial charge in [0.25, 0.3) is 0 Å². The highest BCUT2D eigenvalue weighted by molar-refractivity contribution is 7.99. The van der Waals surface area contributed by atoms with Crippen LogP contribution in [-0.4, -0.2) is 5.75 Å². The average Bonchev–Trinajstić information content (AvgIpc) is 2.78. The molecule has 2 aromatic carbocycles. The lowest BCUT2D eigenvalue weighted by Gasteiger charge is -2.32. The molecule has 0 radical (unpaired) electrons. The van der Waals surface area contributed by atoms with Crippen molar-refractivity contribution in [2.45, 2.75) is 79.0 Å². The van der Waals surface area contributed by atoms with E-state index in [9.17, 15) is 4.91 Å². The molecule has 0 atom stereocenters. The number of thioether (sulfide) groups is 1. The first-order valence-electron chi connectivity index (χ1n) is 10.9. The molecule has 2 nitrogen and oxygen atoms in total.